The number of sulfone groups is 1. The van der Waals surface area contributed by atoms with Gasteiger partial charge >= 0.3 is 0 Å². The van der Waals surface area contributed by atoms with Gasteiger partial charge < -0.3 is 9.47 Å². The Balaban J connectivity index is 1.21. The number of fused-ring (bicyclic) bond motifs is 9. The summed E-state index contributed by atoms with van der Waals surface area (Å²) in [4.78, 5) is 7.20. The van der Waals surface area contributed by atoms with Gasteiger partial charge in [-0.3, -0.25) is 0 Å². The smallest absolute Gasteiger partial charge is 0.223 e. The van der Waals surface area contributed by atoms with Crippen LogP contribution in [0.3, 0.4) is 0 Å². The van der Waals surface area contributed by atoms with Crippen molar-refractivity contribution in [2.45, 2.75) is 36.1 Å². The number of hydrogen-bond acceptors (Lipinski definition) is 4. The molecule has 5 nitrogen and oxygen atoms in total. The zero-order chi connectivity index (χ0) is 36.1. The van der Waals surface area contributed by atoms with E-state index in [0.29, 0.717) is 5.69 Å². The van der Waals surface area contributed by atoms with Crippen LogP contribution in [0.1, 0.15) is 30.7 Å². The lowest BCUT2D eigenvalue weighted by atomic mass is 9.73. The van der Waals surface area contributed by atoms with Crippen molar-refractivity contribution in [1.82, 2.24) is 9.55 Å². The third-order valence-corrected chi connectivity index (χ3v) is 12.8. The highest BCUT2D eigenvalue weighted by molar-refractivity contribution is 7.91. The van der Waals surface area contributed by atoms with Crippen molar-refractivity contribution < 1.29 is 8.42 Å². The van der Waals surface area contributed by atoms with Crippen LogP contribution in [0.15, 0.2) is 168 Å². The summed E-state index contributed by atoms with van der Waals surface area (Å²) in [6, 6.07) is 53.6. The van der Waals surface area contributed by atoms with Crippen molar-refractivity contribution in [1.29, 1.82) is 0 Å². The summed E-state index contributed by atoms with van der Waals surface area (Å²) in [6.07, 6.45) is 0. The van der Waals surface area contributed by atoms with Crippen LogP contribution in [0.25, 0.3) is 49.0 Å². The molecule has 0 atom stereocenters. The highest BCUT2D eigenvalue weighted by Crippen LogP contribution is 2.53. The molecule has 1 aliphatic heterocycles. The van der Waals surface area contributed by atoms with E-state index in [4.69, 9.17) is 4.98 Å². The molecule has 0 saturated heterocycles. The number of benzene rings is 7. The zero-order valence-corrected chi connectivity index (χ0v) is 30.4. The topological polar surface area (TPSA) is 55.2 Å². The second kappa shape index (κ2) is 11.4. The van der Waals surface area contributed by atoms with Crippen LogP contribution < -0.4 is 4.90 Å². The molecule has 9 aromatic rings. The van der Waals surface area contributed by atoms with E-state index in [1.807, 2.05) is 19.1 Å². The van der Waals surface area contributed by atoms with E-state index in [1.165, 1.54) is 43.4 Å². The summed E-state index contributed by atoms with van der Waals surface area (Å²) in [5.41, 5.74) is 8.99. The van der Waals surface area contributed by atoms with Crippen molar-refractivity contribution in [3.63, 3.8) is 0 Å². The molecule has 0 bridgehead atoms. The molecule has 7 aromatic carbocycles. The van der Waals surface area contributed by atoms with Crippen LogP contribution >= 0.6 is 0 Å². The highest BCUT2D eigenvalue weighted by atomic mass is 32.2. The summed E-state index contributed by atoms with van der Waals surface area (Å²) in [5, 5.41) is 7.47. The molecule has 0 N–H and O–H groups in total. The first kappa shape index (κ1) is 31.5. The summed E-state index contributed by atoms with van der Waals surface area (Å²) in [5.74, 6) is 0. The molecule has 0 unspecified atom stereocenters. The minimum absolute atomic E-state index is 0.0394. The average Bonchev–Trinajstić information content (AvgIpc) is 3.54. The Bertz CT molecular complexity index is 2980. The molecular formula is C47H35N3O2S. The Hall–Kier alpha value is -6.24. The standard InChI is InChI=1S/C47H35N3O2S/c1-30-39(27-28-44(48-30)53(51,52)34-15-5-4-6-16-34)50-40-20-12-11-19-37(40)47(2,3)38-29-33(23-26-41(38)50)49-42-24-21-31-13-7-9-17-35(31)45(42)46-36-18-10-8-14-32(36)22-25-43(46)49/h4-29H,1-3H3. The largest absolute Gasteiger partial charge is 0.309 e. The number of nitrogens with zero attached hydrogens (tertiary/aromatic N) is 3. The fourth-order valence-electron chi connectivity index (χ4n) is 8.55. The lowest BCUT2D eigenvalue weighted by molar-refractivity contribution is 0.592. The Morgan fingerprint density at radius 1 is 0.547 bits per heavy atom. The maximum atomic E-state index is 13.6. The molecule has 3 heterocycles. The molecule has 0 spiro atoms. The van der Waals surface area contributed by atoms with Crippen molar-refractivity contribution in [3.05, 3.63) is 175 Å². The molecule has 1 aliphatic rings. The van der Waals surface area contributed by atoms with Crippen molar-refractivity contribution in [2.75, 3.05) is 4.90 Å². The molecule has 53 heavy (non-hydrogen) atoms. The van der Waals surface area contributed by atoms with Gasteiger partial charge in [0, 0.05) is 21.9 Å². The van der Waals surface area contributed by atoms with E-state index in [2.05, 4.69) is 139 Å². The minimum atomic E-state index is -3.78. The Kier molecular flexibility index (Phi) is 6.76. The van der Waals surface area contributed by atoms with Gasteiger partial charge in [-0.2, -0.15) is 0 Å². The average molecular weight is 706 g/mol. The monoisotopic (exact) mass is 705 g/mol. The predicted octanol–water partition coefficient (Wildman–Crippen LogP) is 11.7. The number of pyridine rings is 1. The number of anilines is 3. The molecule has 0 fully saturated rings. The van der Waals surface area contributed by atoms with Crippen LogP contribution in [0.5, 0.6) is 0 Å². The molecule has 0 saturated carbocycles. The van der Waals surface area contributed by atoms with Crippen LogP contribution in [0.2, 0.25) is 0 Å². The van der Waals surface area contributed by atoms with Crippen LogP contribution in [0.4, 0.5) is 17.1 Å². The molecule has 0 amide bonds. The molecule has 0 radical (unpaired) electrons. The lowest BCUT2D eigenvalue weighted by Crippen LogP contribution is -2.31. The zero-order valence-electron chi connectivity index (χ0n) is 29.6. The maximum absolute atomic E-state index is 13.6. The minimum Gasteiger partial charge on any atom is -0.309 e. The van der Waals surface area contributed by atoms with E-state index < -0.39 is 9.84 Å². The molecule has 256 valence electrons. The molecule has 6 heteroatoms. The van der Waals surface area contributed by atoms with Gasteiger partial charge in [0.05, 0.1) is 38.7 Å². The SMILES string of the molecule is Cc1nc(S(=O)(=O)c2ccccc2)ccc1N1c2ccccc2C(C)(C)c2cc(-n3c4ccc5ccccc5c4c4c5ccccc5ccc43)ccc21. The van der Waals surface area contributed by atoms with Gasteiger partial charge in [-0.05, 0) is 100 Å². The Morgan fingerprint density at radius 2 is 1.11 bits per heavy atom. The van der Waals surface area contributed by atoms with Gasteiger partial charge in [0.15, 0.2) is 5.03 Å². The number of para-hydroxylation sites is 1. The lowest BCUT2D eigenvalue weighted by Gasteiger charge is -2.42. The van der Waals surface area contributed by atoms with Crippen LogP contribution in [-0.4, -0.2) is 18.0 Å². The van der Waals surface area contributed by atoms with E-state index in [9.17, 15) is 8.42 Å². The summed E-state index contributed by atoms with van der Waals surface area (Å²) in [6.45, 7) is 6.47. The second-order valence-electron chi connectivity index (χ2n) is 14.4. The summed E-state index contributed by atoms with van der Waals surface area (Å²) < 4.78 is 29.5. The van der Waals surface area contributed by atoms with Crippen molar-refractivity contribution >= 4 is 70.3 Å². The fraction of sp³-hybridized carbons (Fsp3) is 0.0851. The first-order chi connectivity index (χ1) is 25.7. The number of aryl methyl sites for hydroxylation is 1. The van der Waals surface area contributed by atoms with E-state index >= 15 is 0 Å². The summed E-state index contributed by atoms with van der Waals surface area (Å²) in [7, 11) is -3.78. The summed E-state index contributed by atoms with van der Waals surface area (Å²) >= 11 is 0. The van der Waals surface area contributed by atoms with Gasteiger partial charge in [0.2, 0.25) is 9.84 Å². The highest BCUT2D eigenvalue weighted by Gasteiger charge is 2.38. The Labute approximate surface area is 308 Å². The molecule has 0 aliphatic carbocycles. The molecule has 10 rings (SSSR count). The Morgan fingerprint density at radius 3 is 1.77 bits per heavy atom. The number of hydrogen-bond donors (Lipinski definition) is 0. The van der Waals surface area contributed by atoms with Crippen LogP contribution in [0, 0.1) is 6.92 Å². The van der Waals surface area contributed by atoms with Gasteiger partial charge in [-0.25, -0.2) is 13.4 Å². The van der Waals surface area contributed by atoms with Gasteiger partial charge in [0.1, 0.15) is 0 Å². The number of aromatic nitrogens is 2. The predicted molar refractivity (Wildman–Crippen MR) is 217 cm³/mol. The first-order valence-electron chi connectivity index (χ1n) is 17.9. The molecule has 2 aromatic heterocycles. The number of rotatable bonds is 4. The van der Waals surface area contributed by atoms with Gasteiger partial charge in [-0.15, -0.1) is 0 Å². The quantitative estimate of drug-likeness (QED) is 0.183. The van der Waals surface area contributed by atoms with Crippen LogP contribution in [-0.2, 0) is 15.3 Å². The van der Waals surface area contributed by atoms with Crippen molar-refractivity contribution in [3.8, 4) is 5.69 Å². The van der Waals surface area contributed by atoms with Crippen molar-refractivity contribution in [2.24, 2.45) is 0 Å². The second-order valence-corrected chi connectivity index (χ2v) is 16.3. The first-order valence-corrected chi connectivity index (χ1v) is 19.4. The van der Waals surface area contributed by atoms with Gasteiger partial charge in [0.25, 0.3) is 0 Å². The fourth-order valence-corrected chi connectivity index (χ4v) is 9.81. The molecular weight excluding hydrogens is 671 g/mol. The third-order valence-electron chi connectivity index (χ3n) is 11.1. The third kappa shape index (κ3) is 4.55. The normalized spacial score (nSPS) is 13.8. The van der Waals surface area contributed by atoms with E-state index in [-0.39, 0.29) is 15.3 Å². The van der Waals surface area contributed by atoms with Gasteiger partial charge in [-0.1, -0.05) is 111 Å². The van der Waals surface area contributed by atoms with E-state index in [0.717, 1.165) is 33.8 Å². The van der Waals surface area contributed by atoms with E-state index in [1.54, 1.807) is 30.3 Å². The maximum Gasteiger partial charge on any atom is 0.223 e.